The van der Waals surface area contributed by atoms with E-state index in [1.807, 2.05) is 28.4 Å². The molecule has 4 aliphatic rings. The number of nitrogens with zero attached hydrogens (tertiary/aromatic N) is 5. The molecule has 2 aliphatic carbocycles. The van der Waals surface area contributed by atoms with Crippen molar-refractivity contribution in [2.24, 2.45) is 17.9 Å². The predicted molar refractivity (Wildman–Crippen MR) is 214 cm³/mol. The van der Waals surface area contributed by atoms with Crippen LogP contribution < -0.4 is 16.0 Å². The fourth-order valence-electron chi connectivity index (χ4n) is 9.61. The normalized spacial score (nSPS) is 22.8. The van der Waals surface area contributed by atoms with Gasteiger partial charge in [0, 0.05) is 62.5 Å². The Morgan fingerprint density at radius 2 is 1.68 bits per heavy atom. The van der Waals surface area contributed by atoms with Gasteiger partial charge in [-0.2, -0.15) is 5.10 Å². The number of aryl methyl sites for hydroxylation is 1. The number of anilines is 2. The van der Waals surface area contributed by atoms with Gasteiger partial charge in [0.15, 0.2) is 11.5 Å². The van der Waals surface area contributed by atoms with Crippen molar-refractivity contribution in [3.05, 3.63) is 81.1 Å². The zero-order chi connectivity index (χ0) is 39.2. The Kier molecular flexibility index (Phi) is 10.7. The number of imidazole rings is 1. The van der Waals surface area contributed by atoms with Crippen molar-refractivity contribution in [1.82, 2.24) is 29.5 Å². The zero-order valence-corrected chi connectivity index (χ0v) is 33.3. The van der Waals surface area contributed by atoms with Crippen LogP contribution in [0.2, 0.25) is 10.0 Å². The number of fused-ring (bicyclic) bond motifs is 4. The van der Waals surface area contributed by atoms with Gasteiger partial charge in [0.05, 0.1) is 51.9 Å². The second kappa shape index (κ2) is 15.6. The molecule has 56 heavy (non-hydrogen) atoms. The first-order chi connectivity index (χ1) is 27.0. The molecule has 0 saturated heterocycles. The summed E-state index contributed by atoms with van der Waals surface area (Å²) in [4.78, 5) is 46.9. The van der Waals surface area contributed by atoms with E-state index in [2.05, 4.69) is 25.9 Å². The van der Waals surface area contributed by atoms with Crippen molar-refractivity contribution < 1.29 is 24.2 Å². The van der Waals surface area contributed by atoms with Gasteiger partial charge >= 0.3 is 5.97 Å². The van der Waals surface area contributed by atoms with Crippen LogP contribution in [0.3, 0.4) is 0 Å². The number of hydrogen-bond acceptors (Lipinski definition) is 9. The number of benzene rings is 2. The summed E-state index contributed by atoms with van der Waals surface area (Å²) in [7, 11) is 3.38. The molecule has 0 spiro atoms. The van der Waals surface area contributed by atoms with Crippen molar-refractivity contribution in [3.63, 3.8) is 0 Å². The Bertz CT molecular complexity index is 2170. The van der Waals surface area contributed by atoms with Gasteiger partial charge in [-0.3, -0.25) is 24.0 Å². The first kappa shape index (κ1) is 38.6. The quantitative estimate of drug-likeness (QED) is 0.119. The standard InChI is InChI=1S/C41H48Cl2N8O5/c1-49-32-11-19-50(20-16-40-12-14-41(24-40,15-13-40)39(55)56-2)23-31(32)45-36(49)38(54)47-29-9-4-7-26(35(29)43)25-6-3-8-28(34(25)42)46-37(53)30-22-33-27(44-17-21-52)10-5-18-51(33)48-30/h3-4,6-9,22,27,44,52H,5,10-21,23-24H2,1-2H3,(H,46,53)(H,47,54). The second-order valence-corrected chi connectivity index (χ2v) is 16.7. The summed E-state index contributed by atoms with van der Waals surface area (Å²) < 4.78 is 8.88. The van der Waals surface area contributed by atoms with E-state index >= 15 is 0 Å². The molecule has 4 N–H and O–H groups in total. The van der Waals surface area contributed by atoms with Gasteiger partial charge in [0.2, 0.25) is 0 Å². The number of amides is 2. The molecular formula is C41H48Cl2N8O5. The van der Waals surface area contributed by atoms with Gasteiger partial charge in [-0.15, -0.1) is 0 Å². The molecule has 4 aromatic rings. The minimum atomic E-state index is -0.395. The molecule has 2 saturated carbocycles. The Hall–Kier alpha value is -4.27. The van der Waals surface area contributed by atoms with E-state index in [-0.39, 0.29) is 41.0 Å². The lowest BCUT2D eigenvalue weighted by Gasteiger charge is -2.32. The van der Waals surface area contributed by atoms with Gasteiger partial charge in [-0.1, -0.05) is 47.5 Å². The van der Waals surface area contributed by atoms with Gasteiger partial charge in [0.1, 0.15) is 0 Å². The summed E-state index contributed by atoms with van der Waals surface area (Å²) >= 11 is 13.9. The van der Waals surface area contributed by atoms with Crippen LogP contribution in [0, 0.1) is 10.8 Å². The Morgan fingerprint density at radius 1 is 0.982 bits per heavy atom. The third kappa shape index (κ3) is 7.13. The van der Waals surface area contributed by atoms with Crippen LogP contribution in [0.15, 0.2) is 42.5 Å². The summed E-state index contributed by atoms with van der Waals surface area (Å²) in [5.74, 6) is -0.496. The van der Waals surface area contributed by atoms with E-state index in [1.54, 1.807) is 30.3 Å². The number of aliphatic hydroxyl groups excluding tert-OH is 1. The van der Waals surface area contributed by atoms with Crippen LogP contribution in [0.25, 0.3) is 11.1 Å². The topological polar surface area (TPSA) is 156 Å². The lowest BCUT2D eigenvalue weighted by Crippen LogP contribution is -2.34. The highest BCUT2D eigenvalue weighted by Crippen LogP contribution is 2.63. The molecule has 2 amide bonds. The molecule has 2 bridgehead atoms. The highest BCUT2D eigenvalue weighted by Gasteiger charge is 2.58. The first-order valence-corrected chi connectivity index (χ1v) is 20.3. The molecule has 296 valence electrons. The van der Waals surface area contributed by atoms with Crippen LogP contribution in [0.5, 0.6) is 0 Å². The van der Waals surface area contributed by atoms with Crippen molar-refractivity contribution >= 4 is 52.4 Å². The maximum Gasteiger partial charge on any atom is 0.311 e. The molecule has 13 nitrogen and oxygen atoms in total. The average molecular weight is 804 g/mol. The van der Waals surface area contributed by atoms with Crippen LogP contribution in [0.1, 0.15) is 95.6 Å². The molecule has 2 aromatic heterocycles. The largest absolute Gasteiger partial charge is 0.469 e. The second-order valence-electron chi connectivity index (χ2n) is 15.9. The first-order valence-electron chi connectivity index (χ1n) is 19.5. The van der Waals surface area contributed by atoms with Gasteiger partial charge in [-0.05, 0) is 81.5 Å². The number of nitrogens with one attached hydrogen (secondary N) is 3. The van der Waals surface area contributed by atoms with E-state index in [1.165, 1.54) is 7.11 Å². The van der Waals surface area contributed by atoms with E-state index in [4.69, 9.17) is 32.9 Å². The van der Waals surface area contributed by atoms with Crippen LogP contribution in [0.4, 0.5) is 11.4 Å². The number of ether oxygens (including phenoxy) is 1. The number of methoxy groups -OCH3 is 1. The molecule has 0 radical (unpaired) electrons. The molecule has 2 aliphatic heterocycles. The molecule has 1 unspecified atom stereocenters. The number of rotatable bonds is 12. The molecule has 1 atom stereocenters. The van der Waals surface area contributed by atoms with Gasteiger partial charge < -0.3 is 30.4 Å². The monoisotopic (exact) mass is 802 g/mol. The van der Waals surface area contributed by atoms with Crippen LogP contribution in [-0.2, 0) is 36.1 Å². The van der Waals surface area contributed by atoms with Crippen molar-refractivity contribution in [2.75, 3.05) is 44.0 Å². The molecule has 4 heterocycles. The van der Waals surface area contributed by atoms with E-state index in [0.717, 1.165) is 88.0 Å². The number of carbonyl (C=O) groups is 3. The minimum Gasteiger partial charge on any atom is -0.469 e. The third-order valence-electron chi connectivity index (χ3n) is 12.6. The Labute approximate surface area is 336 Å². The highest BCUT2D eigenvalue weighted by molar-refractivity contribution is 6.40. The molecule has 15 heteroatoms. The van der Waals surface area contributed by atoms with Crippen molar-refractivity contribution in [3.8, 4) is 11.1 Å². The van der Waals surface area contributed by atoms with Crippen LogP contribution in [-0.4, -0.2) is 80.5 Å². The predicted octanol–water partition coefficient (Wildman–Crippen LogP) is 6.38. The summed E-state index contributed by atoms with van der Waals surface area (Å²) in [5.41, 5.74) is 5.04. The summed E-state index contributed by atoms with van der Waals surface area (Å²) in [5, 5.41) is 23.6. The Morgan fingerprint density at radius 3 is 2.36 bits per heavy atom. The number of halogens is 2. The lowest BCUT2D eigenvalue weighted by atomic mass is 9.80. The maximum absolute atomic E-state index is 13.8. The number of aromatic nitrogens is 4. The number of hydrogen-bond donors (Lipinski definition) is 4. The third-order valence-corrected chi connectivity index (χ3v) is 13.5. The van der Waals surface area contributed by atoms with Crippen LogP contribution >= 0.6 is 23.2 Å². The molecular weight excluding hydrogens is 755 g/mol. The minimum absolute atomic E-state index is 0.0109. The SMILES string of the molecule is COC(=O)C12CCC(CCN3CCc4c(nc(C(=O)Nc5cccc(-c6cccc(NC(=O)c7cc8n(n7)CCCC8NCCO)c6Cl)c5Cl)n4C)C3)(CC1)C2. The smallest absolute Gasteiger partial charge is 0.311 e. The lowest BCUT2D eigenvalue weighted by molar-refractivity contribution is -0.152. The zero-order valence-electron chi connectivity index (χ0n) is 31.8. The average Bonchev–Trinajstić information content (AvgIpc) is 3.99. The molecule has 8 rings (SSSR count). The molecule has 2 fully saturated rings. The summed E-state index contributed by atoms with van der Waals surface area (Å²) in [6.45, 7) is 3.68. The number of carbonyl (C=O) groups excluding carboxylic acids is 3. The van der Waals surface area contributed by atoms with E-state index in [9.17, 15) is 19.5 Å². The number of aliphatic hydroxyl groups is 1. The van der Waals surface area contributed by atoms with E-state index < -0.39 is 5.91 Å². The highest BCUT2D eigenvalue weighted by atomic mass is 35.5. The van der Waals surface area contributed by atoms with E-state index in [0.29, 0.717) is 58.0 Å². The summed E-state index contributed by atoms with van der Waals surface area (Å²) in [6, 6.07) is 12.4. The maximum atomic E-state index is 13.8. The van der Waals surface area contributed by atoms with Crippen molar-refractivity contribution in [2.45, 2.75) is 76.9 Å². The van der Waals surface area contributed by atoms with Crippen molar-refractivity contribution in [1.29, 1.82) is 0 Å². The fourth-order valence-corrected chi connectivity index (χ4v) is 10.2. The van der Waals surface area contributed by atoms with Gasteiger partial charge in [0.25, 0.3) is 11.8 Å². The van der Waals surface area contributed by atoms with Gasteiger partial charge in [-0.25, -0.2) is 4.98 Å². The Balaban J connectivity index is 0.931. The number of esters is 1. The fraction of sp³-hybridized carbons (Fsp3) is 0.488. The molecule has 2 aromatic carbocycles. The summed E-state index contributed by atoms with van der Waals surface area (Å²) in [6.07, 6.45) is 8.58.